The van der Waals surface area contributed by atoms with Crippen molar-refractivity contribution in [1.82, 2.24) is 0 Å². The summed E-state index contributed by atoms with van der Waals surface area (Å²) in [5.74, 6) is 0.231. The molecule has 126 valence electrons. The monoisotopic (exact) mass is 390 g/mol. The Hall–Kier alpha value is -2.34. The summed E-state index contributed by atoms with van der Waals surface area (Å²) in [6.07, 6.45) is 0. The lowest BCUT2D eigenvalue weighted by Crippen LogP contribution is -2.36. The minimum Gasteiger partial charge on any atom is -0.497 e. The average molecular weight is 391 g/mol. The molecule has 0 aliphatic rings. The Labute approximate surface area is 149 Å². The van der Waals surface area contributed by atoms with Crippen LogP contribution in [0.5, 0.6) is 5.75 Å². The number of methoxy groups -OCH3 is 1. The molecule has 0 atom stereocenters. The molecule has 0 aromatic heterocycles. The fourth-order valence-corrected chi connectivity index (χ4v) is 2.92. The third-order valence-electron chi connectivity index (χ3n) is 3.45. The van der Waals surface area contributed by atoms with Gasteiger partial charge < -0.3 is 15.0 Å². The summed E-state index contributed by atoms with van der Waals surface area (Å²) in [6.45, 7) is 3.33. The van der Waals surface area contributed by atoms with Gasteiger partial charge in [-0.2, -0.15) is 0 Å². The summed E-state index contributed by atoms with van der Waals surface area (Å²) < 4.78 is 5.85. The summed E-state index contributed by atoms with van der Waals surface area (Å²) in [7, 11) is 1.58. The molecule has 1 N–H and O–H groups in total. The van der Waals surface area contributed by atoms with E-state index in [0.29, 0.717) is 17.1 Å². The molecular formula is C18H19BrN2O3. The Morgan fingerprint density at radius 2 is 1.83 bits per heavy atom. The van der Waals surface area contributed by atoms with Gasteiger partial charge in [0.1, 0.15) is 12.3 Å². The molecule has 2 rings (SSSR count). The van der Waals surface area contributed by atoms with Crippen LogP contribution >= 0.6 is 15.9 Å². The molecule has 0 fully saturated rings. The van der Waals surface area contributed by atoms with Crippen molar-refractivity contribution in [3.8, 4) is 5.75 Å². The van der Waals surface area contributed by atoms with Crippen LogP contribution in [-0.2, 0) is 9.59 Å². The fourth-order valence-electron chi connectivity index (χ4n) is 2.22. The molecule has 6 heteroatoms. The number of anilines is 2. The van der Waals surface area contributed by atoms with E-state index < -0.39 is 0 Å². The van der Waals surface area contributed by atoms with Gasteiger partial charge in [0.25, 0.3) is 0 Å². The van der Waals surface area contributed by atoms with Crippen LogP contribution in [0.4, 0.5) is 11.4 Å². The second-order valence-electron chi connectivity index (χ2n) is 5.34. The molecule has 0 unspecified atom stereocenters. The maximum atomic E-state index is 12.3. The minimum absolute atomic E-state index is 0.0664. The van der Waals surface area contributed by atoms with E-state index in [2.05, 4.69) is 21.2 Å². The van der Waals surface area contributed by atoms with Crippen LogP contribution in [0.3, 0.4) is 0 Å². The van der Waals surface area contributed by atoms with Crippen LogP contribution in [0.1, 0.15) is 12.5 Å². The molecule has 0 aliphatic carbocycles. The molecule has 0 radical (unpaired) electrons. The number of carbonyl (C=O) groups is 2. The Kier molecular flexibility index (Phi) is 5.98. The highest BCUT2D eigenvalue weighted by molar-refractivity contribution is 9.10. The second-order valence-corrected chi connectivity index (χ2v) is 6.19. The Bertz CT molecular complexity index is 744. The van der Waals surface area contributed by atoms with Crippen molar-refractivity contribution in [2.24, 2.45) is 0 Å². The normalized spacial score (nSPS) is 10.2. The van der Waals surface area contributed by atoms with Gasteiger partial charge in [-0.3, -0.25) is 9.59 Å². The van der Waals surface area contributed by atoms with Gasteiger partial charge in [0.05, 0.1) is 12.8 Å². The van der Waals surface area contributed by atoms with Gasteiger partial charge in [-0.1, -0.05) is 6.07 Å². The van der Waals surface area contributed by atoms with Crippen molar-refractivity contribution >= 4 is 39.1 Å². The third-order valence-corrected chi connectivity index (χ3v) is 4.08. The molecule has 2 amide bonds. The Morgan fingerprint density at radius 3 is 2.38 bits per heavy atom. The van der Waals surface area contributed by atoms with E-state index in [0.717, 1.165) is 10.0 Å². The van der Waals surface area contributed by atoms with Crippen LogP contribution in [0, 0.1) is 6.92 Å². The number of hydrogen-bond donors (Lipinski definition) is 1. The number of benzene rings is 2. The molecule has 0 spiro atoms. The minimum atomic E-state index is -0.275. The lowest BCUT2D eigenvalue weighted by atomic mass is 10.2. The molecule has 0 bridgehead atoms. The smallest absolute Gasteiger partial charge is 0.244 e. The van der Waals surface area contributed by atoms with Gasteiger partial charge >= 0.3 is 0 Å². The maximum absolute atomic E-state index is 12.3. The number of nitrogens with one attached hydrogen (secondary N) is 1. The molecule has 0 aliphatic heterocycles. The van der Waals surface area contributed by atoms with Gasteiger partial charge in [-0.05, 0) is 64.8 Å². The van der Waals surface area contributed by atoms with E-state index >= 15 is 0 Å². The summed E-state index contributed by atoms with van der Waals surface area (Å²) in [5.41, 5.74) is 2.38. The first-order valence-electron chi connectivity index (χ1n) is 7.39. The zero-order valence-electron chi connectivity index (χ0n) is 13.8. The van der Waals surface area contributed by atoms with Crippen LogP contribution in [0.2, 0.25) is 0 Å². The summed E-state index contributed by atoms with van der Waals surface area (Å²) in [6, 6.07) is 12.6. The van der Waals surface area contributed by atoms with Crippen LogP contribution < -0.4 is 15.0 Å². The number of amides is 2. The molecule has 2 aromatic rings. The van der Waals surface area contributed by atoms with Crippen molar-refractivity contribution in [2.75, 3.05) is 23.9 Å². The molecule has 2 aromatic carbocycles. The quantitative estimate of drug-likeness (QED) is 0.845. The van der Waals surface area contributed by atoms with Gasteiger partial charge in [0, 0.05) is 17.1 Å². The van der Waals surface area contributed by atoms with E-state index in [1.54, 1.807) is 31.4 Å². The van der Waals surface area contributed by atoms with E-state index in [9.17, 15) is 9.59 Å². The number of aryl methyl sites for hydroxylation is 1. The summed E-state index contributed by atoms with van der Waals surface area (Å²) in [5, 5.41) is 2.78. The fraction of sp³-hybridized carbons (Fsp3) is 0.222. The van der Waals surface area contributed by atoms with Crippen LogP contribution in [0.25, 0.3) is 0 Å². The highest BCUT2D eigenvalue weighted by Gasteiger charge is 2.18. The highest BCUT2D eigenvalue weighted by atomic mass is 79.9. The lowest BCUT2D eigenvalue weighted by molar-refractivity contribution is -0.120. The number of rotatable bonds is 5. The number of halogens is 1. The van der Waals surface area contributed by atoms with Gasteiger partial charge in [-0.25, -0.2) is 0 Å². The summed E-state index contributed by atoms with van der Waals surface area (Å²) >= 11 is 3.45. The number of nitrogens with zero attached hydrogens (tertiary/aromatic N) is 1. The van der Waals surface area contributed by atoms with Gasteiger partial charge in [-0.15, -0.1) is 0 Å². The molecule has 5 nitrogen and oxygen atoms in total. The largest absolute Gasteiger partial charge is 0.497 e. The van der Waals surface area contributed by atoms with Crippen molar-refractivity contribution in [1.29, 1.82) is 0 Å². The molecule has 0 saturated carbocycles. The molecule has 0 heterocycles. The number of hydrogen-bond acceptors (Lipinski definition) is 3. The zero-order chi connectivity index (χ0) is 17.7. The summed E-state index contributed by atoms with van der Waals surface area (Å²) in [4.78, 5) is 25.7. The van der Waals surface area contributed by atoms with Crippen molar-refractivity contribution in [2.45, 2.75) is 13.8 Å². The first-order valence-corrected chi connectivity index (χ1v) is 8.18. The van der Waals surface area contributed by atoms with Gasteiger partial charge in [0.2, 0.25) is 11.8 Å². The predicted octanol–water partition coefficient (Wildman–Crippen LogP) is 3.76. The maximum Gasteiger partial charge on any atom is 0.244 e. The van der Waals surface area contributed by atoms with E-state index in [1.165, 1.54) is 11.8 Å². The van der Waals surface area contributed by atoms with E-state index in [-0.39, 0.29) is 18.4 Å². The van der Waals surface area contributed by atoms with Crippen molar-refractivity contribution in [3.63, 3.8) is 0 Å². The van der Waals surface area contributed by atoms with Crippen molar-refractivity contribution in [3.05, 3.63) is 52.5 Å². The topological polar surface area (TPSA) is 58.6 Å². The first-order chi connectivity index (χ1) is 11.4. The molecule has 24 heavy (non-hydrogen) atoms. The predicted molar refractivity (Wildman–Crippen MR) is 98.5 cm³/mol. The number of carbonyl (C=O) groups excluding carboxylic acids is 2. The van der Waals surface area contributed by atoms with E-state index in [4.69, 9.17) is 4.74 Å². The van der Waals surface area contributed by atoms with Gasteiger partial charge in [0.15, 0.2) is 0 Å². The highest BCUT2D eigenvalue weighted by Crippen LogP contribution is 2.27. The first kappa shape index (κ1) is 18.0. The van der Waals surface area contributed by atoms with Crippen LogP contribution in [-0.4, -0.2) is 25.5 Å². The van der Waals surface area contributed by atoms with E-state index in [1.807, 2.05) is 25.1 Å². The Morgan fingerprint density at radius 1 is 1.17 bits per heavy atom. The second kappa shape index (κ2) is 7.97. The lowest BCUT2D eigenvalue weighted by Gasteiger charge is -2.22. The zero-order valence-corrected chi connectivity index (χ0v) is 15.4. The Balaban J connectivity index is 2.12. The molecule has 0 saturated heterocycles. The SMILES string of the molecule is COc1ccc(NC(=O)CN(C(C)=O)c2ccc(C)cc2Br)cc1. The molecular weight excluding hydrogens is 372 g/mol. The third kappa shape index (κ3) is 4.58. The average Bonchev–Trinajstić information content (AvgIpc) is 2.54. The van der Waals surface area contributed by atoms with Crippen LogP contribution in [0.15, 0.2) is 46.9 Å². The van der Waals surface area contributed by atoms with Crippen molar-refractivity contribution < 1.29 is 14.3 Å². The standard InChI is InChI=1S/C18H19BrN2O3/c1-12-4-9-17(16(19)10-12)21(13(2)22)11-18(23)20-14-5-7-15(24-3)8-6-14/h4-10H,11H2,1-3H3,(H,20,23). The number of ether oxygens (including phenoxy) is 1.